The minimum atomic E-state index is 0.233. The van der Waals surface area contributed by atoms with Gasteiger partial charge >= 0.3 is 0 Å². The molecule has 1 saturated heterocycles. The van der Waals surface area contributed by atoms with Crippen molar-refractivity contribution >= 4 is 6.08 Å². The lowest BCUT2D eigenvalue weighted by Gasteiger charge is -2.26. The smallest absolute Gasteiger partial charge is 0.0235 e. The third-order valence-electron chi connectivity index (χ3n) is 5.03. The highest BCUT2D eigenvalue weighted by atomic mass is 15.2. The van der Waals surface area contributed by atoms with E-state index in [4.69, 9.17) is 0 Å². The van der Waals surface area contributed by atoms with Gasteiger partial charge in [0.2, 0.25) is 0 Å². The Bertz CT molecular complexity index is 492. The van der Waals surface area contributed by atoms with Crippen LogP contribution in [0.15, 0.2) is 30.3 Å². The van der Waals surface area contributed by atoms with Crippen LogP contribution in [0.3, 0.4) is 0 Å². The second-order valence-electron chi connectivity index (χ2n) is 7.70. The number of likely N-dealkylation sites (N-methyl/N-ethyl adjacent to an activating group) is 1. The average Bonchev–Trinajstić information content (AvgIpc) is 2.97. The van der Waals surface area contributed by atoms with Crippen molar-refractivity contribution in [2.75, 3.05) is 32.7 Å². The summed E-state index contributed by atoms with van der Waals surface area (Å²) in [5.41, 5.74) is 2.94. The van der Waals surface area contributed by atoms with Crippen molar-refractivity contribution in [3.63, 3.8) is 0 Å². The molecule has 0 spiro atoms. The summed E-state index contributed by atoms with van der Waals surface area (Å²) in [6.07, 6.45) is 5.89. The Labute approximate surface area is 143 Å². The first-order valence-corrected chi connectivity index (χ1v) is 9.17. The molecular weight excluding hydrogens is 280 g/mol. The Balaban J connectivity index is 1.83. The van der Waals surface area contributed by atoms with Crippen molar-refractivity contribution in [3.05, 3.63) is 41.5 Å². The molecule has 1 aliphatic rings. The molecule has 2 heteroatoms. The van der Waals surface area contributed by atoms with Crippen LogP contribution in [-0.4, -0.2) is 48.6 Å². The molecule has 1 unspecified atom stereocenters. The van der Waals surface area contributed by atoms with Crippen molar-refractivity contribution in [3.8, 4) is 0 Å². The number of rotatable bonds is 6. The van der Waals surface area contributed by atoms with Gasteiger partial charge in [-0.05, 0) is 36.1 Å². The van der Waals surface area contributed by atoms with Crippen LogP contribution in [0, 0.1) is 0 Å². The van der Waals surface area contributed by atoms with E-state index < -0.39 is 0 Å². The lowest BCUT2D eigenvalue weighted by atomic mass is 9.87. The monoisotopic (exact) mass is 314 g/mol. The molecule has 128 valence electrons. The second-order valence-corrected chi connectivity index (χ2v) is 7.70. The Hall–Kier alpha value is -1.12. The topological polar surface area (TPSA) is 6.48 Å². The molecule has 0 aromatic heterocycles. The van der Waals surface area contributed by atoms with Crippen molar-refractivity contribution < 1.29 is 0 Å². The quantitative estimate of drug-likeness (QED) is 0.767. The second kappa shape index (κ2) is 8.12. The van der Waals surface area contributed by atoms with Crippen LogP contribution in [0.5, 0.6) is 0 Å². The third-order valence-corrected chi connectivity index (χ3v) is 5.03. The predicted molar refractivity (Wildman–Crippen MR) is 102 cm³/mol. The van der Waals surface area contributed by atoms with E-state index in [0.29, 0.717) is 0 Å². The van der Waals surface area contributed by atoms with Gasteiger partial charge in [0.05, 0.1) is 0 Å². The van der Waals surface area contributed by atoms with Gasteiger partial charge in [-0.3, -0.25) is 9.80 Å². The Morgan fingerprint density at radius 3 is 2.35 bits per heavy atom. The van der Waals surface area contributed by atoms with Crippen LogP contribution in [0.4, 0.5) is 0 Å². The van der Waals surface area contributed by atoms with Crippen LogP contribution in [0.2, 0.25) is 0 Å². The van der Waals surface area contributed by atoms with Gasteiger partial charge in [0.25, 0.3) is 0 Å². The first-order valence-electron chi connectivity index (χ1n) is 9.17. The zero-order chi connectivity index (χ0) is 16.9. The number of nitrogens with zero attached hydrogens (tertiary/aromatic N) is 2. The van der Waals surface area contributed by atoms with Gasteiger partial charge < -0.3 is 0 Å². The number of hydrogen-bond donors (Lipinski definition) is 0. The molecule has 0 aliphatic carbocycles. The summed E-state index contributed by atoms with van der Waals surface area (Å²) in [5.74, 6) is 0. The fraction of sp³-hybridized carbons (Fsp3) is 0.619. The van der Waals surface area contributed by atoms with E-state index in [1.165, 1.54) is 43.7 Å². The van der Waals surface area contributed by atoms with E-state index >= 15 is 0 Å². The molecule has 1 atom stereocenters. The van der Waals surface area contributed by atoms with Crippen LogP contribution >= 0.6 is 0 Å². The molecule has 1 heterocycles. The Morgan fingerprint density at radius 1 is 1.13 bits per heavy atom. The Morgan fingerprint density at radius 2 is 1.78 bits per heavy atom. The normalized spacial score (nSPS) is 20.0. The zero-order valence-corrected chi connectivity index (χ0v) is 15.7. The van der Waals surface area contributed by atoms with Gasteiger partial charge in [0.1, 0.15) is 0 Å². The van der Waals surface area contributed by atoms with Gasteiger partial charge in [0, 0.05) is 25.7 Å². The standard InChI is InChI=1S/C21H34N2/c1-6-23(7-2)20-14-16-22(17-20)15-8-9-18-10-12-19(13-11-18)21(3,4)5/h8-13,20H,6-7,14-17H2,1-5H3/b9-8+. The molecule has 0 bridgehead atoms. The van der Waals surface area contributed by atoms with Gasteiger partial charge in [-0.2, -0.15) is 0 Å². The molecule has 0 radical (unpaired) electrons. The van der Waals surface area contributed by atoms with E-state index in [2.05, 4.69) is 80.8 Å². The minimum absolute atomic E-state index is 0.233. The first-order chi connectivity index (χ1) is 10.9. The van der Waals surface area contributed by atoms with Crippen LogP contribution < -0.4 is 0 Å². The molecule has 1 aromatic rings. The zero-order valence-electron chi connectivity index (χ0n) is 15.7. The minimum Gasteiger partial charge on any atom is -0.300 e. The van der Waals surface area contributed by atoms with E-state index in [1.54, 1.807) is 0 Å². The first kappa shape index (κ1) is 18.2. The maximum absolute atomic E-state index is 2.59. The molecule has 0 saturated carbocycles. The van der Waals surface area contributed by atoms with E-state index in [1.807, 2.05) is 0 Å². The fourth-order valence-electron chi connectivity index (χ4n) is 3.45. The van der Waals surface area contributed by atoms with Crippen molar-refractivity contribution in [1.29, 1.82) is 0 Å². The van der Waals surface area contributed by atoms with E-state index in [9.17, 15) is 0 Å². The van der Waals surface area contributed by atoms with Gasteiger partial charge in [-0.15, -0.1) is 0 Å². The largest absolute Gasteiger partial charge is 0.300 e. The van der Waals surface area contributed by atoms with Gasteiger partial charge in [-0.1, -0.05) is 71.0 Å². The summed E-state index contributed by atoms with van der Waals surface area (Å²) in [4.78, 5) is 5.16. The molecule has 2 nitrogen and oxygen atoms in total. The lowest BCUT2D eigenvalue weighted by molar-refractivity contribution is 0.215. The summed E-state index contributed by atoms with van der Waals surface area (Å²) >= 11 is 0. The highest BCUT2D eigenvalue weighted by molar-refractivity contribution is 5.50. The van der Waals surface area contributed by atoms with Crippen LogP contribution in [0.25, 0.3) is 6.08 Å². The van der Waals surface area contributed by atoms with Crippen molar-refractivity contribution in [2.24, 2.45) is 0 Å². The highest BCUT2D eigenvalue weighted by Crippen LogP contribution is 2.22. The van der Waals surface area contributed by atoms with Gasteiger partial charge in [0.15, 0.2) is 0 Å². The maximum Gasteiger partial charge on any atom is 0.0235 e. The molecule has 0 amide bonds. The molecule has 2 rings (SSSR count). The maximum atomic E-state index is 2.59. The molecule has 0 N–H and O–H groups in total. The van der Waals surface area contributed by atoms with Gasteiger partial charge in [-0.25, -0.2) is 0 Å². The van der Waals surface area contributed by atoms with Crippen LogP contribution in [0.1, 0.15) is 52.2 Å². The summed E-state index contributed by atoms with van der Waals surface area (Å²) < 4.78 is 0. The molecule has 23 heavy (non-hydrogen) atoms. The molecular formula is C21H34N2. The molecule has 1 aliphatic heterocycles. The van der Waals surface area contributed by atoms with E-state index in [-0.39, 0.29) is 5.41 Å². The summed E-state index contributed by atoms with van der Waals surface area (Å²) in [7, 11) is 0. The van der Waals surface area contributed by atoms with Crippen molar-refractivity contribution in [1.82, 2.24) is 9.80 Å². The van der Waals surface area contributed by atoms with Crippen molar-refractivity contribution in [2.45, 2.75) is 52.5 Å². The third kappa shape index (κ3) is 5.19. The number of likely N-dealkylation sites (tertiary alicyclic amines) is 1. The van der Waals surface area contributed by atoms with Crippen LogP contribution in [-0.2, 0) is 5.41 Å². The highest BCUT2D eigenvalue weighted by Gasteiger charge is 2.25. The lowest BCUT2D eigenvalue weighted by Crippen LogP contribution is -2.37. The summed E-state index contributed by atoms with van der Waals surface area (Å²) in [5, 5.41) is 0. The summed E-state index contributed by atoms with van der Waals surface area (Å²) in [6, 6.07) is 9.74. The number of benzene rings is 1. The number of hydrogen-bond acceptors (Lipinski definition) is 2. The predicted octanol–water partition coefficient (Wildman–Crippen LogP) is 4.41. The van der Waals surface area contributed by atoms with E-state index in [0.717, 1.165) is 12.6 Å². The SMILES string of the molecule is CCN(CC)C1CCN(C/C=C/c2ccc(C(C)(C)C)cc2)C1. The molecule has 1 aromatic carbocycles. The fourth-order valence-corrected chi connectivity index (χ4v) is 3.45. The summed E-state index contributed by atoms with van der Waals surface area (Å²) in [6.45, 7) is 17.2. The Kier molecular flexibility index (Phi) is 6.43. The molecule has 1 fully saturated rings. The average molecular weight is 315 g/mol.